The van der Waals surface area contributed by atoms with Crippen LogP contribution in [0.4, 0.5) is 8.78 Å². The minimum absolute atomic E-state index is 0.0927. The highest BCUT2D eigenvalue weighted by Crippen LogP contribution is 2.27. The van der Waals surface area contributed by atoms with E-state index < -0.39 is 36.0 Å². The molecule has 0 aliphatic carbocycles. The van der Waals surface area contributed by atoms with Gasteiger partial charge in [-0.1, -0.05) is 44.2 Å². The van der Waals surface area contributed by atoms with Gasteiger partial charge in [0.15, 0.2) is 0 Å². The van der Waals surface area contributed by atoms with Crippen LogP contribution < -0.4 is 10.6 Å². The van der Waals surface area contributed by atoms with Crippen LogP contribution in [0.1, 0.15) is 67.2 Å². The summed E-state index contributed by atoms with van der Waals surface area (Å²) in [5, 5.41) is 15.5. The highest BCUT2D eigenvalue weighted by Gasteiger charge is 2.40. The third-order valence-corrected chi connectivity index (χ3v) is 6.60. The fourth-order valence-electron chi connectivity index (χ4n) is 4.60. The Morgan fingerprint density at radius 2 is 2.00 bits per heavy atom. The summed E-state index contributed by atoms with van der Waals surface area (Å²) < 4.78 is 29.4. The number of rotatable bonds is 9. The minimum atomic E-state index is -1.37. The second-order valence-corrected chi connectivity index (χ2v) is 9.90. The van der Waals surface area contributed by atoms with Gasteiger partial charge in [0.05, 0.1) is 36.6 Å². The molecule has 3 aromatic rings. The van der Waals surface area contributed by atoms with Crippen molar-refractivity contribution in [3.8, 4) is 0 Å². The molecule has 3 atom stereocenters. The number of nitrogens with one attached hydrogen (secondary N) is 3. The maximum absolute atomic E-state index is 14.9. The van der Waals surface area contributed by atoms with Crippen molar-refractivity contribution in [3.63, 3.8) is 0 Å². The summed E-state index contributed by atoms with van der Waals surface area (Å²) in [5.74, 6) is -1.98. The van der Waals surface area contributed by atoms with Crippen molar-refractivity contribution in [2.75, 3.05) is 6.54 Å². The molecule has 1 aliphatic heterocycles. The summed E-state index contributed by atoms with van der Waals surface area (Å²) in [7, 11) is 0. The normalized spacial score (nSPS) is 17.7. The Kier molecular flexibility index (Phi) is 8.62. The molecule has 1 aromatic carbocycles. The number of aromatic nitrogens is 4. The van der Waals surface area contributed by atoms with E-state index >= 15 is 0 Å². The van der Waals surface area contributed by atoms with Gasteiger partial charge in [0, 0.05) is 25.5 Å². The Hall–Kier alpha value is -4.22. The quantitative estimate of drug-likeness (QED) is 0.358. The predicted octanol–water partition coefficient (Wildman–Crippen LogP) is 2.49. The molecule has 3 amide bonds. The third kappa shape index (κ3) is 6.81. The zero-order valence-corrected chi connectivity index (χ0v) is 21.9. The van der Waals surface area contributed by atoms with Crippen molar-refractivity contribution in [3.05, 3.63) is 76.6 Å². The lowest BCUT2D eigenvalue weighted by Crippen LogP contribution is -2.47. The maximum atomic E-state index is 14.9. The van der Waals surface area contributed by atoms with Gasteiger partial charge in [-0.15, -0.1) is 0 Å². The average Bonchev–Trinajstić information content (AvgIpc) is 3.55. The van der Waals surface area contributed by atoms with Gasteiger partial charge in [-0.25, -0.2) is 9.37 Å². The average molecular weight is 540 g/mol. The zero-order chi connectivity index (χ0) is 28.1. The monoisotopic (exact) mass is 539 g/mol. The maximum Gasteiger partial charge on any atom is 0.243 e. The predicted molar refractivity (Wildman–Crippen MR) is 137 cm³/mol. The first-order valence-corrected chi connectivity index (χ1v) is 12.7. The van der Waals surface area contributed by atoms with E-state index in [9.17, 15) is 23.2 Å². The first-order valence-electron chi connectivity index (χ1n) is 12.7. The third-order valence-electron chi connectivity index (χ3n) is 6.60. The molecule has 1 fully saturated rings. The van der Waals surface area contributed by atoms with Crippen LogP contribution in [-0.4, -0.2) is 61.8 Å². The molecule has 10 nitrogen and oxygen atoms in total. The van der Waals surface area contributed by atoms with E-state index in [-0.39, 0.29) is 43.5 Å². The molecule has 12 heteroatoms. The second kappa shape index (κ2) is 12.1. The van der Waals surface area contributed by atoms with E-state index in [1.165, 1.54) is 18.0 Å². The lowest BCUT2D eigenvalue weighted by atomic mass is 9.98. The topological polar surface area (TPSA) is 133 Å². The van der Waals surface area contributed by atoms with Gasteiger partial charge in [0.25, 0.3) is 0 Å². The highest BCUT2D eigenvalue weighted by molar-refractivity contribution is 5.89. The molecule has 0 spiro atoms. The summed E-state index contributed by atoms with van der Waals surface area (Å²) in [4.78, 5) is 43.2. The van der Waals surface area contributed by atoms with E-state index in [4.69, 9.17) is 0 Å². The molecular formula is C27H31F2N7O3. The van der Waals surface area contributed by atoms with Crippen molar-refractivity contribution >= 4 is 17.7 Å². The Bertz CT molecular complexity index is 1330. The number of carbonyl (C=O) groups excluding carboxylic acids is 3. The number of benzene rings is 1. The van der Waals surface area contributed by atoms with E-state index in [0.29, 0.717) is 16.8 Å². The number of halogens is 2. The van der Waals surface area contributed by atoms with Gasteiger partial charge in [0.2, 0.25) is 23.7 Å². The molecule has 2 aromatic heterocycles. The lowest BCUT2D eigenvalue weighted by Gasteiger charge is -2.27. The Morgan fingerprint density at radius 1 is 1.21 bits per heavy atom. The SMILES string of the molecule is CC(=O)NCc1cccc(C(NC(=O)C2CC(F)CN2C(=O)Cc2cn[nH]n2)c2ccc(C(C)C)c(F)n2)c1. The number of hydrogen-bond acceptors (Lipinski definition) is 6. The Balaban J connectivity index is 1.63. The van der Waals surface area contributed by atoms with E-state index in [1.807, 2.05) is 19.9 Å². The van der Waals surface area contributed by atoms with Gasteiger partial charge < -0.3 is 15.5 Å². The number of alkyl halides is 1. The van der Waals surface area contributed by atoms with E-state index in [1.54, 1.807) is 30.3 Å². The number of pyridine rings is 1. The molecule has 1 aliphatic rings. The molecule has 3 N–H and O–H groups in total. The second-order valence-electron chi connectivity index (χ2n) is 9.90. The number of carbonyl (C=O) groups is 3. The Labute approximate surface area is 224 Å². The molecule has 0 bridgehead atoms. The number of aromatic amines is 1. The van der Waals surface area contributed by atoms with Crippen molar-refractivity contribution in [1.82, 2.24) is 35.9 Å². The molecular weight excluding hydrogens is 508 g/mol. The fraction of sp³-hybridized carbons (Fsp3) is 0.407. The van der Waals surface area contributed by atoms with Gasteiger partial charge in [0.1, 0.15) is 12.2 Å². The van der Waals surface area contributed by atoms with Gasteiger partial charge in [-0.05, 0) is 23.1 Å². The van der Waals surface area contributed by atoms with Crippen LogP contribution in [0.5, 0.6) is 0 Å². The molecule has 0 radical (unpaired) electrons. The van der Waals surface area contributed by atoms with Crippen LogP contribution in [0.15, 0.2) is 42.6 Å². The van der Waals surface area contributed by atoms with E-state index in [2.05, 4.69) is 31.0 Å². The summed E-state index contributed by atoms with van der Waals surface area (Å²) >= 11 is 0. The van der Waals surface area contributed by atoms with Crippen LogP contribution in [0.2, 0.25) is 0 Å². The van der Waals surface area contributed by atoms with Gasteiger partial charge in [-0.3, -0.25) is 14.4 Å². The van der Waals surface area contributed by atoms with Crippen molar-refractivity contribution in [2.45, 2.75) is 64.3 Å². The molecule has 0 saturated carbocycles. The van der Waals surface area contributed by atoms with Crippen LogP contribution in [-0.2, 0) is 27.3 Å². The number of amides is 3. The highest BCUT2D eigenvalue weighted by atomic mass is 19.1. The Morgan fingerprint density at radius 3 is 2.67 bits per heavy atom. The summed E-state index contributed by atoms with van der Waals surface area (Å²) in [6, 6.07) is 8.40. The molecule has 39 heavy (non-hydrogen) atoms. The van der Waals surface area contributed by atoms with Crippen molar-refractivity contribution in [1.29, 1.82) is 0 Å². The number of nitrogens with zero attached hydrogens (tertiary/aromatic N) is 4. The zero-order valence-electron chi connectivity index (χ0n) is 21.9. The number of H-pyrrole nitrogens is 1. The standard InChI is InChI=1S/C27H31F2N7O3/c1-15(2)21-7-8-22(32-26(21)29)25(18-6-4-5-17(9-18)12-30-16(3)37)33-27(39)23-10-19(28)14-36(23)24(38)11-20-13-31-35-34-20/h4-9,13,15,19,23,25H,10-12,14H2,1-3H3,(H,30,37)(H,33,39)(H,31,34,35). The first-order chi connectivity index (χ1) is 18.6. The number of likely N-dealkylation sites (tertiary alicyclic amines) is 1. The molecule has 3 heterocycles. The van der Waals surface area contributed by atoms with Crippen LogP contribution >= 0.6 is 0 Å². The van der Waals surface area contributed by atoms with Crippen LogP contribution in [0, 0.1) is 5.95 Å². The fourth-order valence-corrected chi connectivity index (χ4v) is 4.60. The smallest absolute Gasteiger partial charge is 0.243 e. The molecule has 4 rings (SSSR count). The first kappa shape index (κ1) is 27.8. The van der Waals surface area contributed by atoms with E-state index in [0.717, 1.165) is 5.56 Å². The van der Waals surface area contributed by atoms with Gasteiger partial charge >= 0.3 is 0 Å². The van der Waals surface area contributed by atoms with Crippen molar-refractivity contribution < 1.29 is 23.2 Å². The molecule has 206 valence electrons. The summed E-state index contributed by atoms with van der Waals surface area (Å²) in [6.45, 7) is 5.15. The number of hydrogen-bond donors (Lipinski definition) is 3. The van der Waals surface area contributed by atoms with Gasteiger partial charge in [-0.2, -0.15) is 19.8 Å². The van der Waals surface area contributed by atoms with Crippen LogP contribution in [0.3, 0.4) is 0 Å². The van der Waals surface area contributed by atoms with Crippen molar-refractivity contribution in [2.24, 2.45) is 0 Å². The van der Waals surface area contributed by atoms with Crippen LogP contribution in [0.25, 0.3) is 0 Å². The molecule has 3 unspecified atom stereocenters. The molecule has 1 saturated heterocycles. The minimum Gasteiger partial charge on any atom is -0.352 e. The lowest BCUT2D eigenvalue weighted by molar-refractivity contribution is -0.138. The summed E-state index contributed by atoms with van der Waals surface area (Å²) in [5.41, 5.74) is 2.40. The summed E-state index contributed by atoms with van der Waals surface area (Å²) in [6.07, 6.45) is -0.284. The largest absolute Gasteiger partial charge is 0.352 e.